The predicted octanol–water partition coefficient (Wildman–Crippen LogP) is 5.70. The molecule has 0 heterocycles. The molecule has 166 valence electrons. The first kappa shape index (κ1) is 24.2. The van der Waals surface area contributed by atoms with Crippen molar-refractivity contribution in [1.82, 2.24) is 0 Å². The molecule has 1 aromatic carbocycles. The van der Waals surface area contributed by atoms with Gasteiger partial charge in [0.25, 0.3) is 0 Å². The molecule has 1 fully saturated rings. The van der Waals surface area contributed by atoms with Crippen molar-refractivity contribution < 1.29 is 19.4 Å². The van der Waals surface area contributed by atoms with Gasteiger partial charge in [-0.25, -0.2) is 0 Å². The number of methoxy groups -OCH3 is 2. The third-order valence-corrected chi connectivity index (χ3v) is 6.16. The largest absolute Gasteiger partial charge is 0.493 e. The van der Waals surface area contributed by atoms with Crippen LogP contribution in [0.5, 0.6) is 11.5 Å². The molecule has 0 aliphatic heterocycles. The molecule has 2 rings (SSSR count). The fourth-order valence-corrected chi connectivity index (χ4v) is 4.42. The molecule has 1 saturated carbocycles. The van der Waals surface area contributed by atoms with Crippen LogP contribution < -0.4 is 9.47 Å². The molecule has 1 atom stereocenters. The van der Waals surface area contributed by atoms with Gasteiger partial charge in [0.15, 0.2) is 11.5 Å². The van der Waals surface area contributed by atoms with Crippen LogP contribution in [0.4, 0.5) is 0 Å². The van der Waals surface area contributed by atoms with Gasteiger partial charge in [0, 0.05) is 13.0 Å². The van der Waals surface area contributed by atoms with E-state index in [2.05, 4.69) is 32.9 Å². The number of benzene rings is 1. The number of carbonyl (C=O) groups is 1. The summed E-state index contributed by atoms with van der Waals surface area (Å²) in [5, 5.41) is 9.39. The first-order valence-corrected chi connectivity index (χ1v) is 11.1. The third kappa shape index (κ3) is 5.75. The van der Waals surface area contributed by atoms with Crippen molar-refractivity contribution >= 4 is 5.78 Å². The van der Waals surface area contributed by atoms with Gasteiger partial charge in [0.05, 0.1) is 19.6 Å². The van der Waals surface area contributed by atoms with Gasteiger partial charge in [0.1, 0.15) is 5.78 Å². The van der Waals surface area contributed by atoms with Crippen molar-refractivity contribution in [2.45, 2.75) is 77.6 Å². The molecule has 0 bridgehead atoms. The topological polar surface area (TPSA) is 55.8 Å². The van der Waals surface area contributed by atoms with Crippen molar-refractivity contribution in [2.75, 3.05) is 20.8 Å². The van der Waals surface area contributed by atoms with Crippen molar-refractivity contribution in [3.8, 4) is 11.5 Å². The quantitative estimate of drug-likeness (QED) is 0.472. The zero-order chi connectivity index (χ0) is 22.1. The second-order valence-corrected chi connectivity index (χ2v) is 8.63. The average Bonchev–Trinajstić information content (AvgIpc) is 3.10. The molecule has 0 spiro atoms. The summed E-state index contributed by atoms with van der Waals surface area (Å²) in [4.78, 5) is 13.2. The highest BCUT2D eigenvalue weighted by Crippen LogP contribution is 2.46. The highest BCUT2D eigenvalue weighted by Gasteiger charge is 2.44. The summed E-state index contributed by atoms with van der Waals surface area (Å²) in [6.07, 6.45) is 11.0. The molecule has 1 aromatic rings. The minimum absolute atomic E-state index is 0.123. The number of hydrogen-bond donors (Lipinski definition) is 1. The van der Waals surface area contributed by atoms with Crippen LogP contribution in [0, 0.1) is 0 Å². The molecule has 30 heavy (non-hydrogen) atoms. The number of ketones is 1. The average molecular weight is 415 g/mol. The first-order chi connectivity index (χ1) is 14.4. The number of allylic oxidation sites excluding steroid dienone is 4. The number of aliphatic hydroxyl groups excluding tert-OH is 1. The van der Waals surface area contributed by atoms with Gasteiger partial charge in [-0.2, -0.15) is 0 Å². The molecule has 4 nitrogen and oxygen atoms in total. The van der Waals surface area contributed by atoms with E-state index in [0.717, 1.165) is 36.8 Å². The Hall–Kier alpha value is -2.07. The van der Waals surface area contributed by atoms with Crippen LogP contribution in [0.25, 0.3) is 0 Å². The van der Waals surface area contributed by atoms with Gasteiger partial charge in [-0.1, -0.05) is 23.3 Å². The predicted molar refractivity (Wildman–Crippen MR) is 123 cm³/mol. The van der Waals surface area contributed by atoms with Crippen LogP contribution in [-0.2, 0) is 16.6 Å². The molecule has 0 aromatic heterocycles. The highest BCUT2D eigenvalue weighted by molar-refractivity contribution is 5.93. The molecular formula is C26H38O4. The number of aryl methyl sites for hydroxylation is 1. The van der Waals surface area contributed by atoms with E-state index in [4.69, 9.17) is 9.47 Å². The summed E-state index contributed by atoms with van der Waals surface area (Å²) in [5.74, 6) is 1.64. The minimum Gasteiger partial charge on any atom is -0.493 e. The van der Waals surface area contributed by atoms with E-state index in [1.54, 1.807) is 14.2 Å². The van der Waals surface area contributed by atoms with E-state index in [9.17, 15) is 9.90 Å². The van der Waals surface area contributed by atoms with E-state index in [0.29, 0.717) is 43.0 Å². The number of Topliss-reactive ketones (excluding diaryl/α,β-unsaturated/α-hetero) is 1. The van der Waals surface area contributed by atoms with Crippen LogP contribution in [-0.4, -0.2) is 31.7 Å². The van der Waals surface area contributed by atoms with Gasteiger partial charge < -0.3 is 14.6 Å². The maximum atomic E-state index is 13.2. The zero-order valence-electron chi connectivity index (χ0n) is 19.3. The number of aliphatic hydroxyl groups is 1. The number of hydrogen-bond acceptors (Lipinski definition) is 4. The Morgan fingerprint density at radius 1 is 1.13 bits per heavy atom. The van der Waals surface area contributed by atoms with E-state index >= 15 is 0 Å². The molecule has 1 aliphatic rings. The number of ether oxygens (including phenoxy) is 2. The van der Waals surface area contributed by atoms with Gasteiger partial charge in [0.2, 0.25) is 0 Å². The zero-order valence-corrected chi connectivity index (χ0v) is 19.3. The number of carbonyl (C=O) groups excluding carboxylic acids is 1. The lowest BCUT2D eigenvalue weighted by Crippen LogP contribution is -2.32. The Balaban J connectivity index is 2.45. The second-order valence-electron chi connectivity index (χ2n) is 8.63. The SMILES string of the molecule is COc1cc(CCCO)c(C2(C/C=C(\C)CCC=C(C)C)CCCC2=O)cc1OC. The van der Waals surface area contributed by atoms with Crippen molar-refractivity contribution in [3.63, 3.8) is 0 Å². The van der Waals surface area contributed by atoms with E-state index in [1.165, 1.54) is 11.1 Å². The molecule has 0 saturated heterocycles. The Labute approximate surface area is 182 Å². The lowest BCUT2D eigenvalue weighted by molar-refractivity contribution is -0.122. The Morgan fingerprint density at radius 3 is 2.40 bits per heavy atom. The van der Waals surface area contributed by atoms with E-state index < -0.39 is 5.41 Å². The van der Waals surface area contributed by atoms with Crippen LogP contribution in [0.2, 0.25) is 0 Å². The second kappa shape index (κ2) is 11.4. The van der Waals surface area contributed by atoms with Gasteiger partial charge in [-0.05, 0) is 89.0 Å². The van der Waals surface area contributed by atoms with Crippen LogP contribution in [0.15, 0.2) is 35.4 Å². The molecule has 1 N–H and O–H groups in total. The number of rotatable bonds is 11. The minimum atomic E-state index is -0.512. The summed E-state index contributed by atoms with van der Waals surface area (Å²) in [7, 11) is 3.26. The first-order valence-electron chi connectivity index (χ1n) is 11.1. The maximum absolute atomic E-state index is 13.2. The molecule has 1 aliphatic carbocycles. The fourth-order valence-electron chi connectivity index (χ4n) is 4.42. The maximum Gasteiger partial charge on any atom is 0.161 e. The van der Waals surface area contributed by atoms with Crippen LogP contribution >= 0.6 is 0 Å². The molecule has 1 unspecified atom stereocenters. The Kier molecular flexibility index (Phi) is 9.16. The Morgan fingerprint density at radius 2 is 1.83 bits per heavy atom. The molecule has 0 amide bonds. The molecule has 4 heteroatoms. The Bertz CT molecular complexity index is 786. The van der Waals surface area contributed by atoms with Crippen molar-refractivity contribution in [3.05, 3.63) is 46.6 Å². The highest BCUT2D eigenvalue weighted by atomic mass is 16.5. The van der Waals surface area contributed by atoms with Gasteiger partial charge in [-0.15, -0.1) is 0 Å². The summed E-state index contributed by atoms with van der Waals surface area (Å²) in [6.45, 7) is 6.53. The summed E-state index contributed by atoms with van der Waals surface area (Å²) < 4.78 is 11.1. The smallest absolute Gasteiger partial charge is 0.161 e. The lowest BCUT2D eigenvalue weighted by Gasteiger charge is -2.30. The lowest BCUT2D eigenvalue weighted by atomic mass is 9.72. The van der Waals surface area contributed by atoms with Crippen molar-refractivity contribution in [1.29, 1.82) is 0 Å². The summed E-state index contributed by atoms with van der Waals surface area (Å²) >= 11 is 0. The summed E-state index contributed by atoms with van der Waals surface area (Å²) in [6, 6.07) is 3.99. The third-order valence-electron chi connectivity index (χ3n) is 6.16. The molecular weight excluding hydrogens is 376 g/mol. The normalized spacial score (nSPS) is 19.1. The van der Waals surface area contributed by atoms with E-state index in [-0.39, 0.29) is 6.61 Å². The molecule has 0 radical (unpaired) electrons. The van der Waals surface area contributed by atoms with Crippen LogP contribution in [0.3, 0.4) is 0 Å². The fraction of sp³-hybridized carbons (Fsp3) is 0.577. The standard InChI is InChI=1S/C26H38O4/c1-19(2)9-6-10-20(3)13-15-26(14-7-12-25(26)28)22-18-24(30-5)23(29-4)17-21(22)11-8-16-27/h9,13,17-18,27H,6-8,10-12,14-16H2,1-5H3/b20-13+. The monoisotopic (exact) mass is 414 g/mol. The van der Waals surface area contributed by atoms with E-state index in [1.807, 2.05) is 12.1 Å². The summed E-state index contributed by atoms with van der Waals surface area (Å²) in [5.41, 5.74) is 4.27. The van der Waals surface area contributed by atoms with Gasteiger partial charge >= 0.3 is 0 Å². The van der Waals surface area contributed by atoms with Crippen molar-refractivity contribution in [2.24, 2.45) is 0 Å². The van der Waals surface area contributed by atoms with Gasteiger partial charge in [-0.3, -0.25) is 4.79 Å². The van der Waals surface area contributed by atoms with Crippen LogP contribution in [0.1, 0.15) is 76.8 Å².